The molecule has 3 unspecified atom stereocenters. The van der Waals surface area contributed by atoms with Crippen molar-refractivity contribution in [3.63, 3.8) is 0 Å². The summed E-state index contributed by atoms with van der Waals surface area (Å²) in [6.45, 7) is 14.5. The van der Waals surface area contributed by atoms with Crippen LogP contribution in [0.2, 0.25) is 0 Å². The summed E-state index contributed by atoms with van der Waals surface area (Å²) < 4.78 is 0. The molecule has 23 heavy (non-hydrogen) atoms. The lowest BCUT2D eigenvalue weighted by molar-refractivity contribution is -0.144. The molecule has 0 bridgehead atoms. The third-order valence-electron chi connectivity index (χ3n) is 4.65. The summed E-state index contributed by atoms with van der Waals surface area (Å²) in [5, 5.41) is 10.1. The molecule has 4 heteroatoms. The third kappa shape index (κ3) is 5.91. The largest absolute Gasteiger partial charge is 0.393 e. The smallest absolute Gasteiger partial charge is 0.228 e. The molecule has 0 saturated carbocycles. The second-order valence-electron chi connectivity index (χ2n) is 9.32. The van der Waals surface area contributed by atoms with E-state index in [4.69, 9.17) is 0 Å². The number of amides is 1. The van der Waals surface area contributed by atoms with E-state index < -0.39 is 17.4 Å². The van der Waals surface area contributed by atoms with Crippen LogP contribution in [0.3, 0.4) is 0 Å². The zero-order valence-corrected chi connectivity index (χ0v) is 16.0. The summed E-state index contributed by atoms with van der Waals surface area (Å²) in [6.07, 6.45) is 2.30. The molecule has 1 aliphatic rings. The lowest BCUT2D eigenvalue weighted by atomic mass is 9.82. The zero-order valence-electron chi connectivity index (χ0n) is 16.0. The Bertz CT molecular complexity index is 429. The van der Waals surface area contributed by atoms with Gasteiger partial charge in [0, 0.05) is 24.4 Å². The molecule has 1 N–H and O–H groups in total. The van der Waals surface area contributed by atoms with Gasteiger partial charge >= 0.3 is 0 Å². The monoisotopic (exact) mass is 325 g/mol. The molecule has 0 aliphatic carbocycles. The first-order valence-electron chi connectivity index (χ1n) is 8.85. The molecule has 0 aromatic carbocycles. The van der Waals surface area contributed by atoms with E-state index in [9.17, 15) is 14.7 Å². The first kappa shape index (κ1) is 20.1. The second kappa shape index (κ2) is 7.33. The predicted molar refractivity (Wildman–Crippen MR) is 93.1 cm³/mol. The van der Waals surface area contributed by atoms with Gasteiger partial charge in [-0.05, 0) is 31.6 Å². The summed E-state index contributed by atoms with van der Waals surface area (Å²) in [7, 11) is 0. The highest BCUT2D eigenvalue weighted by molar-refractivity contribution is 5.90. The van der Waals surface area contributed by atoms with Crippen LogP contribution in [0.4, 0.5) is 0 Å². The minimum atomic E-state index is -0.801. The SMILES string of the molecule is CC(O)C(CC(=O)C(C)(C)C)C(=O)N1CCCC1CC(C)(C)C. The van der Waals surface area contributed by atoms with E-state index in [1.54, 1.807) is 6.92 Å². The van der Waals surface area contributed by atoms with Crippen molar-refractivity contribution in [2.24, 2.45) is 16.7 Å². The Morgan fingerprint density at radius 1 is 1.17 bits per heavy atom. The maximum Gasteiger partial charge on any atom is 0.228 e. The van der Waals surface area contributed by atoms with Crippen LogP contribution in [-0.2, 0) is 9.59 Å². The van der Waals surface area contributed by atoms with Gasteiger partial charge in [0.05, 0.1) is 12.0 Å². The highest BCUT2D eigenvalue weighted by Crippen LogP contribution is 2.32. The van der Waals surface area contributed by atoms with Gasteiger partial charge in [0.2, 0.25) is 5.91 Å². The van der Waals surface area contributed by atoms with Crippen molar-refractivity contribution >= 4 is 11.7 Å². The van der Waals surface area contributed by atoms with Crippen molar-refractivity contribution in [3.8, 4) is 0 Å². The summed E-state index contributed by atoms with van der Waals surface area (Å²) in [5.74, 6) is -0.644. The van der Waals surface area contributed by atoms with Crippen LogP contribution < -0.4 is 0 Å². The summed E-state index contributed by atoms with van der Waals surface area (Å²) in [6, 6.07) is 0.230. The number of hydrogen-bond donors (Lipinski definition) is 1. The number of likely N-dealkylation sites (tertiary alicyclic amines) is 1. The number of rotatable bonds is 5. The topological polar surface area (TPSA) is 57.6 Å². The highest BCUT2D eigenvalue weighted by Gasteiger charge is 2.38. The standard InChI is InChI=1S/C19H35NO3/c1-13(21)15(11-16(22)19(5,6)7)17(23)20-10-8-9-14(20)12-18(2,3)4/h13-15,21H,8-12H2,1-7H3. The summed E-state index contributed by atoms with van der Waals surface area (Å²) in [4.78, 5) is 27.2. The maximum absolute atomic E-state index is 13.0. The Hall–Kier alpha value is -0.900. The fourth-order valence-corrected chi connectivity index (χ4v) is 3.23. The molecule has 1 saturated heterocycles. The number of aliphatic hydroxyl groups excluding tert-OH is 1. The van der Waals surface area contributed by atoms with Crippen LogP contribution in [0.15, 0.2) is 0 Å². The molecule has 1 heterocycles. The molecule has 1 amide bonds. The fourth-order valence-electron chi connectivity index (χ4n) is 3.23. The molecule has 0 aromatic heterocycles. The van der Waals surface area contributed by atoms with E-state index in [0.717, 1.165) is 25.8 Å². The van der Waals surface area contributed by atoms with Gasteiger partial charge in [-0.3, -0.25) is 9.59 Å². The van der Waals surface area contributed by atoms with Gasteiger partial charge < -0.3 is 10.0 Å². The van der Waals surface area contributed by atoms with E-state index >= 15 is 0 Å². The Morgan fingerprint density at radius 3 is 2.17 bits per heavy atom. The number of ketones is 1. The van der Waals surface area contributed by atoms with Crippen molar-refractivity contribution < 1.29 is 14.7 Å². The molecule has 1 fully saturated rings. The first-order valence-corrected chi connectivity index (χ1v) is 8.85. The number of aliphatic hydroxyl groups is 1. The van der Waals surface area contributed by atoms with Crippen LogP contribution in [0, 0.1) is 16.7 Å². The van der Waals surface area contributed by atoms with Gasteiger partial charge in [-0.2, -0.15) is 0 Å². The van der Waals surface area contributed by atoms with Gasteiger partial charge in [0.15, 0.2) is 0 Å². The summed E-state index contributed by atoms with van der Waals surface area (Å²) >= 11 is 0. The summed E-state index contributed by atoms with van der Waals surface area (Å²) in [5.41, 5.74) is -0.321. The number of nitrogens with zero attached hydrogens (tertiary/aromatic N) is 1. The quantitative estimate of drug-likeness (QED) is 0.842. The van der Waals surface area contributed by atoms with Crippen LogP contribution in [-0.4, -0.2) is 40.4 Å². The number of carbonyl (C=O) groups excluding carboxylic acids is 2. The molecule has 134 valence electrons. The third-order valence-corrected chi connectivity index (χ3v) is 4.65. The Morgan fingerprint density at radius 2 is 1.74 bits per heavy atom. The van der Waals surface area contributed by atoms with Crippen molar-refractivity contribution in [1.82, 2.24) is 4.90 Å². The Balaban J connectivity index is 2.86. The highest BCUT2D eigenvalue weighted by atomic mass is 16.3. The normalized spacial score (nSPS) is 22.1. The number of Topliss-reactive ketones (excluding diaryl/α,β-unsaturated/α-hetero) is 1. The molecule has 4 nitrogen and oxygen atoms in total. The molecule has 1 aliphatic heterocycles. The van der Waals surface area contributed by atoms with E-state index in [-0.39, 0.29) is 29.6 Å². The van der Waals surface area contributed by atoms with Crippen LogP contribution in [0.25, 0.3) is 0 Å². The van der Waals surface area contributed by atoms with Gasteiger partial charge in [-0.25, -0.2) is 0 Å². The van der Waals surface area contributed by atoms with Crippen molar-refractivity contribution in [2.75, 3.05) is 6.54 Å². The van der Waals surface area contributed by atoms with Crippen LogP contribution in [0.1, 0.15) is 74.1 Å². The lowest BCUT2D eigenvalue weighted by Crippen LogP contribution is -2.45. The van der Waals surface area contributed by atoms with E-state index in [0.29, 0.717) is 0 Å². The average Bonchev–Trinajstić information content (AvgIpc) is 2.78. The minimum Gasteiger partial charge on any atom is -0.393 e. The lowest BCUT2D eigenvalue weighted by Gasteiger charge is -2.34. The Kier molecular flexibility index (Phi) is 6.42. The second-order valence-corrected chi connectivity index (χ2v) is 9.32. The molecular weight excluding hydrogens is 290 g/mol. The van der Waals surface area contributed by atoms with Crippen LogP contribution >= 0.6 is 0 Å². The van der Waals surface area contributed by atoms with Crippen molar-refractivity contribution in [3.05, 3.63) is 0 Å². The van der Waals surface area contributed by atoms with E-state index in [1.165, 1.54) is 0 Å². The molecule has 1 rings (SSSR count). The minimum absolute atomic E-state index is 0.0309. The van der Waals surface area contributed by atoms with Crippen molar-refractivity contribution in [1.29, 1.82) is 0 Å². The predicted octanol–water partition coefficient (Wildman–Crippen LogP) is 3.42. The fraction of sp³-hybridized carbons (Fsp3) is 0.895. The van der Waals surface area contributed by atoms with Gasteiger partial charge in [0.1, 0.15) is 5.78 Å². The van der Waals surface area contributed by atoms with Crippen LogP contribution in [0.5, 0.6) is 0 Å². The first-order chi connectivity index (χ1) is 10.3. The maximum atomic E-state index is 13.0. The molecule has 3 atom stereocenters. The Labute approximate surface area is 141 Å². The van der Waals surface area contributed by atoms with E-state index in [2.05, 4.69) is 20.8 Å². The molecular formula is C19H35NO3. The van der Waals surface area contributed by atoms with Gasteiger partial charge in [0.25, 0.3) is 0 Å². The van der Waals surface area contributed by atoms with Gasteiger partial charge in [-0.1, -0.05) is 41.5 Å². The molecule has 0 aromatic rings. The van der Waals surface area contributed by atoms with Crippen molar-refractivity contribution in [2.45, 2.75) is 86.3 Å². The molecule has 0 radical (unpaired) electrons. The molecule has 0 spiro atoms. The van der Waals surface area contributed by atoms with E-state index in [1.807, 2.05) is 25.7 Å². The van der Waals surface area contributed by atoms with Gasteiger partial charge in [-0.15, -0.1) is 0 Å². The number of carbonyl (C=O) groups is 2. The number of hydrogen-bond acceptors (Lipinski definition) is 3. The zero-order chi connectivity index (χ0) is 18.0. The average molecular weight is 325 g/mol.